The van der Waals surface area contributed by atoms with Crippen LogP contribution in [0.4, 0.5) is 11.9 Å². The van der Waals surface area contributed by atoms with Crippen LogP contribution in [0, 0.1) is 0 Å². The van der Waals surface area contributed by atoms with E-state index in [0.29, 0.717) is 24.9 Å². The predicted octanol–water partition coefficient (Wildman–Crippen LogP) is 2.62. The van der Waals surface area contributed by atoms with Gasteiger partial charge in [0.1, 0.15) is 5.75 Å². The molecular weight excluding hydrogens is 330 g/mol. The Morgan fingerprint density at radius 3 is 2.54 bits per heavy atom. The maximum Gasteiger partial charge on any atom is 0.228 e. The lowest BCUT2D eigenvalue weighted by Gasteiger charge is -2.10. The monoisotopic (exact) mass is 351 g/mol. The maximum absolute atomic E-state index is 9.50. The molecule has 3 aromatic rings. The Balaban J connectivity index is 1.77. The molecule has 0 aliphatic heterocycles. The smallest absolute Gasteiger partial charge is 0.228 e. The number of hydrogen-bond acceptors (Lipinski definition) is 7. The molecule has 0 spiro atoms. The number of rotatable bonds is 7. The fourth-order valence-electron chi connectivity index (χ4n) is 2.52. The number of hydrogen-bond donors (Lipinski definition) is 3. The van der Waals surface area contributed by atoms with Gasteiger partial charge in [-0.05, 0) is 30.2 Å². The van der Waals surface area contributed by atoms with Gasteiger partial charge in [-0.2, -0.15) is 15.0 Å². The molecule has 0 amide bonds. The van der Waals surface area contributed by atoms with Crippen molar-refractivity contribution >= 4 is 11.9 Å². The lowest BCUT2D eigenvalue weighted by molar-refractivity contribution is 0.282. The van der Waals surface area contributed by atoms with Crippen molar-refractivity contribution in [2.45, 2.75) is 20.1 Å². The second kappa shape index (κ2) is 8.26. The molecule has 7 nitrogen and oxygen atoms in total. The summed E-state index contributed by atoms with van der Waals surface area (Å²) < 4.78 is 5.44. The van der Waals surface area contributed by atoms with Crippen LogP contribution in [0.5, 0.6) is 5.75 Å². The van der Waals surface area contributed by atoms with E-state index in [1.807, 2.05) is 55.5 Å². The highest BCUT2D eigenvalue weighted by atomic mass is 16.5. The number of nitrogen functional groups attached to an aromatic ring is 1. The fraction of sp³-hybridized carbons (Fsp3) is 0.211. The number of nitrogens with two attached hydrogens (primary N) is 1. The summed E-state index contributed by atoms with van der Waals surface area (Å²) in [7, 11) is 0. The van der Waals surface area contributed by atoms with Crippen molar-refractivity contribution in [3.05, 3.63) is 59.7 Å². The zero-order chi connectivity index (χ0) is 18.4. The molecule has 0 atom stereocenters. The summed E-state index contributed by atoms with van der Waals surface area (Å²) in [5.74, 6) is 1.77. The highest BCUT2D eigenvalue weighted by Crippen LogP contribution is 2.22. The Bertz CT molecular complexity index is 868. The van der Waals surface area contributed by atoms with Gasteiger partial charge in [0.05, 0.1) is 13.2 Å². The van der Waals surface area contributed by atoms with E-state index in [1.165, 1.54) is 0 Å². The first kappa shape index (κ1) is 17.6. The number of aromatic nitrogens is 3. The molecule has 0 unspecified atom stereocenters. The van der Waals surface area contributed by atoms with Crippen LogP contribution in [-0.2, 0) is 13.2 Å². The van der Waals surface area contributed by atoms with Gasteiger partial charge in [-0.3, -0.25) is 0 Å². The van der Waals surface area contributed by atoms with Crippen molar-refractivity contribution in [2.24, 2.45) is 0 Å². The molecule has 1 aromatic heterocycles. The number of nitrogens with zero attached hydrogens (tertiary/aromatic N) is 3. The number of nitrogens with one attached hydrogen (secondary N) is 1. The number of aliphatic hydroxyl groups excluding tert-OH is 1. The summed E-state index contributed by atoms with van der Waals surface area (Å²) in [6.45, 7) is 3.03. The molecule has 3 rings (SSSR count). The first-order valence-corrected chi connectivity index (χ1v) is 8.36. The Labute approximate surface area is 151 Å². The van der Waals surface area contributed by atoms with Crippen molar-refractivity contribution in [3.63, 3.8) is 0 Å². The Kier molecular flexibility index (Phi) is 5.60. The zero-order valence-corrected chi connectivity index (χ0v) is 14.5. The van der Waals surface area contributed by atoms with Gasteiger partial charge >= 0.3 is 0 Å². The number of ether oxygens (including phenoxy) is 1. The highest BCUT2D eigenvalue weighted by Gasteiger charge is 2.10. The second-order valence-electron chi connectivity index (χ2n) is 5.59. The second-order valence-corrected chi connectivity index (χ2v) is 5.59. The minimum absolute atomic E-state index is 0.100. The molecule has 7 heteroatoms. The van der Waals surface area contributed by atoms with E-state index in [9.17, 15) is 5.11 Å². The van der Waals surface area contributed by atoms with Crippen molar-refractivity contribution in [3.8, 4) is 17.1 Å². The molecule has 26 heavy (non-hydrogen) atoms. The third kappa shape index (κ3) is 4.25. The summed E-state index contributed by atoms with van der Waals surface area (Å²) in [6, 6.07) is 15.2. The van der Waals surface area contributed by atoms with Crippen LogP contribution < -0.4 is 15.8 Å². The van der Waals surface area contributed by atoms with E-state index in [4.69, 9.17) is 10.5 Å². The average molecular weight is 351 g/mol. The molecule has 0 radical (unpaired) electrons. The maximum atomic E-state index is 9.50. The first-order valence-electron chi connectivity index (χ1n) is 8.36. The Hall–Kier alpha value is -3.19. The van der Waals surface area contributed by atoms with Gasteiger partial charge in [-0.25, -0.2) is 0 Å². The van der Waals surface area contributed by atoms with E-state index in [-0.39, 0.29) is 12.6 Å². The molecular formula is C19H21N5O2. The topological polar surface area (TPSA) is 106 Å². The number of anilines is 2. The van der Waals surface area contributed by atoms with Crippen LogP contribution in [0.1, 0.15) is 18.1 Å². The van der Waals surface area contributed by atoms with Crippen LogP contribution in [0.2, 0.25) is 0 Å². The minimum atomic E-state index is -0.100. The minimum Gasteiger partial charge on any atom is -0.494 e. The van der Waals surface area contributed by atoms with E-state index in [1.54, 1.807) is 0 Å². The van der Waals surface area contributed by atoms with Crippen LogP contribution in [0.25, 0.3) is 11.4 Å². The van der Waals surface area contributed by atoms with Crippen molar-refractivity contribution in [2.75, 3.05) is 17.7 Å². The molecule has 0 fully saturated rings. The van der Waals surface area contributed by atoms with Gasteiger partial charge < -0.3 is 20.9 Å². The van der Waals surface area contributed by atoms with Crippen molar-refractivity contribution in [1.82, 2.24) is 15.0 Å². The SMILES string of the molecule is CCOc1ccc(CNc2nc(N)nc(-c3ccccc3CO)n2)cc1. The molecule has 0 aliphatic carbocycles. The van der Waals surface area contributed by atoms with E-state index >= 15 is 0 Å². The molecule has 4 N–H and O–H groups in total. The van der Waals surface area contributed by atoms with Gasteiger partial charge in [0.25, 0.3) is 0 Å². The molecule has 0 bridgehead atoms. The summed E-state index contributed by atoms with van der Waals surface area (Å²) in [6.07, 6.45) is 0. The molecule has 0 saturated carbocycles. The standard InChI is InChI=1S/C19H21N5O2/c1-2-26-15-9-7-13(8-10-15)11-21-19-23-17(22-18(20)24-19)16-6-4-3-5-14(16)12-25/h3-10,25H,2,11-12H2,1H3,(H3,20,21,22,23,24). The molecule has 0 saturated heterocycles. The zero-order valence-electron chi connectivity index (χ0n) is 14.5. The van der Waals surface area contributed by atoms with Gasteiger partial charge in [0.15, 0.2) is 5.82 Å². The summed E-state index contributed by atoms with van der Waals surface area (Å²) >= 11 is 0. The fourth-order valence-corrected chi connectivity index (χ4v) is 2.52. The number of benzene rings is 2. The Morgan fingerprint density at radius 2 is 1.81 bits per heavy atom. The van der Waals surface area contributed by atoms with Crippen molar-refractivity contribution < 1.29 is 9.84 Å². The van der Waals surface area contributed by atoms with Crippen LogP contribution >= 0.6 is 0 Å². The highest BCUT2D eigenvalue weighted by molar-refractivity contribution is 5.62. The van der Waals surface area contributed by atoms with E-state index in [2.05, 4.69) is 20.3 Å². The molecule has 1 heterocycles. The van der Waals surface area contributed by atoms with E-state index in [0.717, 1.165) is 22.4 Å². The van der Waals surface area contributed by atoms with Gasteiger partial charge in [0.2, 0.25) is 11.9 Å². The largest absolute Gasteiger partial charge is 0.494 e. The number of aliphatic hydroxyl groups is 1. The predicted molar refractivity (Wildman–Crippen MR) is 101 cm³/mol. The lowest BCUT2D eigenvalue weighted by atomic mass is 10.1. The summed E-state index contributed by atoms with van der Waals surface area (Å²) in [4.78, 5) is 12.7. The van der Waals surface area contributed by atoms with Crippen LogP contribution in [0.15, 0.2) is 48.5 Å². The van der Waals surface area contributed by atoms with E-state index < -0.39 is 0 Å². The quantitative estimate of drug-likeness (QED) is 0.601. The average Bonchev–Trinajstić information content (AvgIpc) is 2.67. The normalized spacial score (nSPS) is 10.5. The summed E-state index contributed by atoms with van der Waals surface area (Å²) in [5, 5.41) is 12.7. The molecule has 2 aromatic carbocycles. The molecule has 134 valence electrons. The van der Waals surface area contributed by atoms with Crippen molar-refractivity contribution in [1.29, 1.82) is 0 Å². The Morgan fingerprint density at radius 1 is 1.04 bits per heavy atom. The van der Waals surface area contributed by atoms with Crippen LogP contribution in [0.3, 0.4) is 0 Å². The van der Waals surface area contributed by atoms with Gasteiger partial charge in [-0.1, -0.05) is 36.4 Å². The van der Waals surface area contributed by atoms with Gasteiger partial charge in [0, 0.05) is 12.1 Å². The molecule has 0 aliphatic rings. The van der Waals surface area contributed by atoms with Crippen LogP contribution in [-0.4, -0.2) is 26.7 Å². The third-order valence-corrected chi connectivity index (χ3v) is 3.77. The summed E-state index contributed by atoms with van der Waals surface area (Å²) in [5.41, 5.74) is 8.35. The first-order chi connectivity index (χ1) is 12.7. The third-order valence-electron chi connectivity index (χ3n) is 3.77. The van der Waals surface area contributed by atoms with Gasteiger partial charge in [-0.15, -0.1) is 0 Å². The lowest BCUT2D eigenvalue weighted by Crippen LogP contribution is -2.08.